The molecule has 0 spiro atoms. The number of nitrogens with one attached hydrogen (secondary N) is 1. The lowest BCUT2D eigenvalue weighted by Gasteiger charge is -2.30. The van der Waals surface area contributed by atoms with Crippen LogP contribution in [0.4, 0.5) is 4.79 Å². The standard InChI is InChI=1S/C14H15ClN2O3S/c15-9-1-2-12-10(7-9)13(18)11(8-20-12)16-14(19)17-3-5-21-6-4-17/h1-2,7,11H,3-6,8H2,(H,16,19). The number of nitrogens with zero attached hydrogens (tertiary/aromatic N) is 1. The lowest BCUT2D eigenvalue weighted by atomic mass is 10.0. The predicted octanol–water partition coefficient (Wildman–Crippen LogP) is 2.04. The van der Waals surface area contributed by atoms with Gasteiger partial charge in [0, 0.05) is 29.6 Å². The molecule has 2 amide bonds. The fourth-order valence-electron chi connectivity index (χ4n) is 2.37. The molecule has 2 aliphatic rings. The van der Waals surface area contributed by atoms with Crippen LogP contribution in [0.3, 0.4) is 0 Å². The van der Waals surface area contributed by atoms with E-state index in [2.05, 4.69) is 5.32 Å². The van der Waals surface area contributed by atoms with E-state index in [4.69, 9.17) is 16.3 Å². The molecule has 0 radical (unpaired) electrons. The number of ether oxygens (including phenoxy) is 1. The first-order valence-electron chi connectivity index (χ1n) is 6.75. The Kier molecular flexibility index (Phi) is 4.26. The first-order valence-corrected chi connectivity index (χ1v) is 8.28. The third-order valence-electron chi connectivity index (χ3n) is 3.53. The van der Waals surface area contributed by atoms with E-state index in [1.54, 1.807) is 23.1 Å². The number of halogens is 1. The van der Waals surface area contributed by atoms with Crippen molar-refractivity contribution in [3.63, 3.8) is 0 Å². The van der Waals surface area contributed by atoms with Crippen LogP contribution in [0.15, 0.2) is 18.2 Å². The van der Waals surface area contributed by atoms with Crippen molar-refractivity contribution in [3.8, 4) is 5.75 Å². The Bertz CT molecular complexity index is 575. The number of rotatable bonds is 1. The molecule has 3 rings (SSSR count). The number of carbonyl (C=O) groups excluding carboxylic acids is 2. The van der Waals surface area contributed by atoms with Gasteiger partial charge in [0.25, 0.3) is 0 Å². The van der Waals surface area contributed by atoms with Gasteiger partial charge < -0.3 is 15.0 Å². The first-order chi connectivity index (χ1) is 10.1. The molecule has 1 saturated heterocycles. The summed E-state index contributed by atoms with van der Waals surface area (Å²) in [5.74, 6) is 2.23. The molecule has 0 bridgehead atoms. The van der Waals surface area contributed by atoms with Crippen molar-refractivity contribution in [2.75, 3.05) is 31.2 Å². The SMILES string of the molecule is O=C1c2cc(Cl)ccc2OCC1NC(=O)N1CCSCC1. The maximum Gasteiger partial charge on any atom is 0.318 e. The summed E-state index contributed by atoms with van der Waals surface area (Å²) >= 11 is 7.74. The molecule has 7 heteroatoms. The number of urea groups is 1. The normalized spacial score (nSPS) is 21.5. The third kappa shape index (κ3) is 3.11. The number of carbonyl (C=O) groups is 2. The van der Waals surface area contributed by atoms with Crippen molar-refractivity contribution in [1.29, 1.82) is 0 Å². The molecular formula is C14H15ClN2O3S. The minimum absolute atomic E-state index is 0.154. The second-order valence-electron chi connectivity index (χ2n) is 4.92. The zero-order chi connectivity index (χ0) is 14.8. The number of hydrogen-bond donors (Lipinski definition) is 1. The molecule has 21 heavy (non-hydrogen) atoms. The van der Waals surface area contributed by atoms with Crippen LogP contribution in [0.25, 0.3) is 0 Å². The average Bonchev–Trinajstić information content (AvgIpc) is 2.51. The smallest absolute Gasteiger partial charge is 0.318 e. The first kappa shape index (κ1) is 14.5. The Morgan fingerprint density at radius 3 is 2.90 bits per heavy atom. The summed E-state index contributed by atoms with van der Waals surface area (Å²) in [6, 6.07) is 4.07. The Morgan fingerprint density at radius 2 is 2.14 bits per heavy atom. The molecule has 0 saturated carbocycles. The molecule has 1 N–H and O–H groups in total. The molecule has 2 heterocycles. The molecule has 5 nitrogen and oxygen atoms in total. The maximum absolute atomic E-state index is 12.4. The Labute approximate surface area is 132 Å². The molecule has 112 valence electrons. The third-order valence-corrected chi connectivity index (χ3v) is 4.70. The summed E-state index contributed by atoms with van der Waals surface area (Å²) in [5, 5.41) is 3.24. The van der Waals surface area contributed by atoms with E-state index in [9.17, 15) is 9.59 Å². The molecule has 1 fully saturated rings. The summed E-state index contributed by atoms with van der Waals surface area (Å²) < 4.78 is 5.53. The van der Waals surface area contributed by atoms with Crippen LogP contribution in [-0.2, 0) is 0 Å². The molecule has 1 unspecified atom stereocenters. The lowest BCUT2D eigenvalue weighted by Crippen LogP contribution is -2.53. The predicted molar refractivity (Wildman–Crippen MR) is 82.5 cm³/mol. The fraction of sp³-hybridized carbons (Fsp3) is 0.429. The maximum atomic E-state index is 12.4. The molecule has 1 atom stereocenters. The quantitative estimate of drug-likeness (QED) is 0.858. The number of amides is 2. The van der Waals surface area contributed by atoms with Crippen LogP contribution >= 0.6 is 23.4 Å². The molecule has 0 aliphatic carbocycles. The van der Waals surface area contributed by atoms with E-state index in [1.807, 2.05) is 11.8 Å². The van der Waals surface area contributed by atoms with Gasteiger partial charge >= 0.3 is 6.03 Å². The van der Waals surface area contributed by atoms with Gasteiger partial charge in [-0.05, 0) is 18.2 Å². The monoisotopic (exact) mass is 326 g/mol. The number of thioether (sulfide) groups is 1. The zero-order valence-electron chi connectivity index (χ0n) is 11.3. The Hall–Kier alpha value is -1.40. The zero-order valence-corrected chi connectivity index (χ0v) is 12.9. The van der Waals surface area contributed by atoms with E-state index >= 15 is 0 Å². The highest BCUT2D eigenvalue weighted by atomic mass is 35.5. The summed E-state index contributed by atoms with van der Waals surface area (Å²) in [6.45, 7) is 1.57. The molecule has 1 aromatic carbocycles. The van der Waals surface area contributed by atoms with Gasteiger partial charge in [-0.1, -0.05) is 11.6 Å². The van der Waals surface area contributed by atoms with Gasteiger partial charge in [-0.15, -0.1) is 0 Å². The van der Waals surface area contributed by atoms with Crippen LogP contribution < -0.4 is 10.1 Å². The molecule has 1 aromatic rings. The molecule has 0 aromatic heterocycles. The van der Waals surface area contributed by atoms with Gasteiger partial charge in [-0.25, -0.2) is 4.79 Å². The topological polar surface area (TPSA) is 58.6 Å². The summed E-state index contributed by atoms with van der Waals surface area (Å²) in [6.07, 6.45) is 0. The van der Waals surface area contributed by atoms with Crippen LogP contribution in [0.5, 0.6) is 5.75 Å². The van der Waals surface area contributed by atoms with E-state index in [0.29, 0.717) is 29.4 Å². The van der Waals surface area contributed by atoms with Crippen molar-refractivity contribution in [2.45, 2.75) is 6.04 Å². The Balaban J connectivity index is 1.70. The van der Waals surface area contributed by atoms with Crippen LogP contribution in [0.2, 0.25) is 5.02 Å². The van der Waals surface area contributed by atoms with Gasteiger partial charge in [0.2, 0.25) is 0 Å². The van der Waals surface area contributed by atoms with Crippen LogP contribution in [-0.4, -0.2) is 54.0 Å². The van der Waals surface area contributed by atoms with Gasteiger partial charge in [-0.3, -0.25) is 4.79 Å². The van der Waals surface area contributed by atoms with E-state index < -0.39 is 6.04 Å². The molecule has 2 aliphatic heterocycles. The van der Waals surface area contributed by atoms with Crippen molar-refractivity contribution in [1.82, 2.24) is 10.2 Å². The van der Waals surface area contributed by atoms with Crippen LogP contribution in [0, 0.1) is 0 Å². The largest absolute Gasteiger partial charge is 0.490 e. The second-order valence-corrected chi connectivity index (χ2v) is 6.58. The van der Waals surface area contributed by atoms with Crippen molar-refractivity contribution < 1.29 is 14.3 Å². The number of hydrogen-bond acceptors (Lipinski definition) is 4. The summed E-state index contributed by atoms with van der Waals surface area (Å²) in [5.41, 5.74) is 0.424. The summed E-state index contributed by atoms with van der Waals surface area (Å²) in [4.78, 5) is 26.3. The van der Waals surface area contributed by atoms with Gasteiger partial charge in [-0.2, -0.15) is 11.8 Å². The number of benzene rings is 1. The fourth-order valence-corrected chi connectivity index (χ4v) is 3.45. The Morgan fingerprint density at radius 1 is 1.38 bits per heavy atom. The second kappa shape index (κ2) is 6.15. The van der Waals surface area contributed by atoms with E-state index in [-0.39, 0.29) is 18.4 Å². The molecular weight excluding hydrogens is 312 g/mol. The lowest BCUT2D eigenvalue weighted by molar-refractivity contribution is 0.0868. The van der Waals surface area contributed by atoms with Crippen molar-refractivity contribution >= 4 is 35.2 Å². The van der Waals surface area contributed by atoms with Gasteiger partial charge in [0.1, 0.15) is 18.4 Å². The van der Waals surface area contributed by atoms with E-state index in [0.717, 1.165) is 11.5 Å². The average molecular weight is 327 g/mol. The summed E-state index contributed by atoms with van der Waals surface area (Å²) in [7, 11) is 0. The van der Waals surface area contributed by atoms with Gasteiger partial charge in [0.15, 0.2) is 5.78 Å². The minimum atomic E-state index is -0.655. The van der Waals surface area contributed by atoms with E-state index in [1.165, 1.54) is 0 Å². The van der Waals surface area contributed by atoms with Crippen LogP contribution in [0.1, 0.15) is 10.4 Å². The van der Waals surface area contributed by atoms with Gasteiger partial charge in [0.05, 0.1) is 5.56 Å². The number of ketones is 1. The minimum Gasteiger partial charge on any atom is -0.490 e. The number of Topliss-reactive ketones (excluding diaryl/α,β-unsaturated/α-hetero) is 1. The highest BCUT2D eigenvalue weighted by Crippen LogP contribution is 2.27. The number of fused-ring (bicyclic) bond motifs is 1. The highest BCUT2D eigenvalue weighted by Gasteiger charge is 2.31. The highest BCUT2D eigenvalue weighted by molar-refractivity contribution is 7.99. The van der Waals surface area contributed by atoms with Crippen molar-refractivity contribution in [3.05, 3.63) is 28.8 Å². The van der Waals surface area contributed by atoms with Crippen molar-refractivity contribution in [2.24, 2.45) is 0 Å².